The Morgan fingerprint density at radius 1 is 1.03 bits per heavy atom. The number of benzene rings is 2. The molecular weight excluding hydrogens is 472 g/mol. The molecule has 0 saturated carbocycles. The molecule has 1 aromatic heterocycles. The van der Waals surface area contributed by atoms with Crippen LogP contribution in [0.1, 0.15) is 11.3 Å². The summed E-state index contributed by atoms with van der Waals surface area (Å²) in [5.74, 6) is 0.485. The molecule has 1 aliphatic rings. The number of hydrogen-bond acceptors (Lipinski definition) is 4. The number of furan rings is 1. The topological polar surface area (TPSA) is 54.6 Å². The van der Waals surface area contributed by atoms with Crippen LogP contribution in [0.25, 0.3) is 17.4 Å². The highest BCUT2D eigenvalue weighted by atomic mass is 35.5. The molecule has 1 aliphatic heterocycles. The molecule has 31 heavy (non-hydrogen) atoms. The van der Waals surface area contributed by atoms with Gasteiger partial charge in [-0.1, -0.05) is 35.3 Å². The molecule has 1 saturated heterocycles. The van der Waals surface area contributed by atoms with Gasteiger partial charge in [0.05, 0.1) is 26.2 Å². The fraction of sp³-hybridized carbons (Fsp3) is 0.0476. The van der Waals surface area contributed by atoms with Gasteiger partial charge in [-0.2, -0.15) is 13.2 Å². The molecule has 3 aromatic rings. The van der Waals surface area contributed by atoms with Crippen molar-refractivity contribution in [3.63, 3.8) is 0 Å². The van der Waals surface area contributed by atoms with E-state index in [1.54, 1.807) is 30.3 Å². The number of hydrogen-bond donors (Lipinski definition) is 1. The molecule has 4 nitrogen and oxygen atoms in total. The Kier molecular flexibility index (Phi) is 5.88. The lowest BCUT2D eigenvalue weighted by atomic mass is 10.2. The lowest BCUT2D eigenvalue weighted by Gasteiger charge is -2.08. The first-order chi connectivity index (χ1) is 14.7. The van der Waals surface area contributed by atoms with Gasteiger partial charge >= 0.3 is 6.18 Å². The van der Waals surface area contributed by atoms with E-state index in [2.05, 4.69) is 10.3 Å². The van der Waals surface area contributed by atoms with Crippen LogP contribution in [0.3, 0.4) is 0 Å². The second kappa shape index (κ2) is 8.45. The number of rotatable bonds is 3. The van der Waals surface area contributed by atoms with Crippen LogP contribution in [0.4, 0.5) is 18.9 Å². The molecule has 1 N–H and O–H groups in total. The lowest BCUT2D eigenvalue weighted by molar-refractivity contribution is -0.137. The number of carbonyl (C=O) groups is 1. The Balaban J connectivity index is 1.58. The van der Waals surface area contributed by atoms with E-state index in [9.17, 15) is 18.0 Å². The number of nitrogens with zero attached hydrogens (tertiary/aromatic N) is 1. The van der Waals surface area contributed by atoms with E-state index in [-0.39, 0.29) is 20.8 Å². The van der Waals surface area contributed by atoms with E-state index in [4.69, 9.17) is 27.6 Å². The molecular formula is C21H11Cl2F3N2O2S. The highest BCUT2D eigenvalue weighted by Gasteiger charge is 2.31. The van der Waals surface area contributed by atoms with Gasteiger partial charge in [-0.25, -0.2) is 4.99 Å². The molecule has 0 spiro atoms. The van der Waals surface area contributed by atoms with Crippen LogP contribution in [-0.4, -0.2) is 11.1 Å². The minimum atomic E-state index is -4.53. The second-order valence-electron chi connectivity index (χ2n) is 6.33. The maximum atomic E-state index is 12.9. The first-order valence-electron chi connectivity index (χ1n) is 8.72. The van der Waals surface area contributed by atoms with Crippen LogP contribution in [0.2, 0.25) is 10.0 Å². The third kappa shape index (κ3) is 4.81. The van der Waals surface area contributed by atoms with Crippen molar-refractivity contribution in [2.45, 2.75) is 6.18 Å². The summed E-state index contributed by atoms with van der Waals surface area (Å²) in [6.45, 7) is 0. The number of nitrogens with one attached hydrogen (secondary N) is 1. The van der Waals surface area contributed by atoms with Crippen LogP contribution < -0.4 is 5.32 Å². The number of halogens is 5. The standard InChI is InChI=1S/C21H11Cl2F3N2O2S/c22-14-4-2-1-3-13(14)17-8-6-12(30-17)10-18-19(29)28-20(31-18)27-16-9-11(21(24,25)26)5-7-15(16)23/h1-10H,(H,27,28,29)/b18-10+. The van der Waals surface area contributed by atoms with Gasteiger partial charge < -0.3 is 9.73 Å². The molecule has 1 fully saturated rings. The van der Waals surface area contributed by atoms with E-state index in [0.29, 0.717) is 22.1 Å². The summed E-state index contributed by atoms with van der Waals surface area (Å²) in [5.41, 5.74) is -0.276. The highest BCUT2D eigenvalue weighted by Crippen LogP contribution is 2.37. The largest absolute Gasteiger partial charge is 0.457 e. The first-order valence-corrected chi connectivity index (χ1v) is 10.3. The number of amides is 1. The fourth-order valence-electron chi connectivity index (χ4n) is 2.73. The van der Waals surface area contributed by atoms with Crippen molar-refractivity contribution in [3.8, 4) is 11.3 Å². The minimum absolute atomic E-state index is 0.0307. The van der Waals surface area contributed by atoms with E-state index in [1.807, 2.05) is 6.07 Å². The molecule has 0 atom stereocenters. The summed E-state index contributed by atoms with van der Waals surface area (Å²) >= 11 is 13.1. The zero-order valence-corrected chi connectivity index (χ0v) is 17.7. The predicted octanol–water partition coefficient (Wildman–Crippen LogP) is 7.16. The molecule has 10 heteroatoms. The summed E-state index contributed by atoms with van der Waals surface area (Å²) < 4.78 is 44.6. The van der Waals surface area contributed by atoms with E-state index < -0.39 is 17.6 Å². The Hall–Kier alpha value is -2.68. The zero-order chi connectivity index (χ0) is 22.2. The number of aliphatic imine (C=N–C) groups is 1. The Morgan fingerprint density at radius 3 is 2.55 bits per heavy atom. The van der Waals surface area contributed by atoms with Gasteiger partial charge in [0.25, 0.3) is 5.91 Å². The maximum Gasteiger partial charge on any atom is 0.416 e. The molecule has 1 amide bonds. The van der Waals surface area contributed by atoms with Crippen molar-refractivity contribution in [1.82, 2.24) is 5.32 Å². The zero-order valence-electron chi connectivity index (χ0n) is 15.3. The van der Waals surface area contributed by atoms with Crippen molar-refractivity contribution in [2.75, 3.05) is 0 Å². The monoisotopic (exact) mass is 482 g/mol. The van der Waals surface area contributed by atoms with Crippen molar-refractivity contribution < 1.29 is 22.4 Å². The summed E-state index contributed by atoms with van der Waals surface area (Å²) in [6.07, 6.45) is -3.02. The summed E-state index contributed by atoms with van der Waals surface area (Å²) in [4.78, 5) is 16.6. The molecule has 158 valence electrons. The highest BCUT2D eigenvalue weighted by molar-refractivity contribution is 8.18. The number of alkyl halides is 3. The predicted molar refractivity (Wildman–Crippen MR) is 116 cm³/mol. The average Bonchev–Trinajstić information content (AvgIpc) is 3.30. The van der Waals surface area contributed by atoms with E-state index in [0.717, 1.165) is 30.0 Å². The lowest BCUT2D eigenvalue weighted by Crippen LogP contribution is -2.19. The summed E-state index contributed by atoms with van der Waals surface area (Å²) in [5, 5.41) is 3.17. The average molecular weight is 483 g/mol. The number of carbonyl (C=O) groups excluding carboxylic acids is 1. The molecule has 0 unspecified atom stereocenters. The van der Waals surface area contributed by atoms with Gasteiger partial charge in [0.15, 0.2) is 5.17 Å². The Labute approximate surface area is 188 Å². The van der Waals surface area contributed by atoms with Crippen molar-refractivity contribution in [3.05, 3.63) is 80.9 Å². The maximum absolute atomic E-state index is 12.9. The SMILES string of the molecule is O=C1NC(=Nc2cc(C(F)(F)F)ccc2Cl)S/C1=C/c1ccc(-c2ccccc2Cl)o1. The van der Waals surface area contributed by atoms with Crippen LogP contribution in [-0.2, 0) is 11.0 Å². The summed E-state index contributed by atoms with van der Waals surface area (Å²) in [7, 11) is 0. The van der Waals surface area contributed by atoms with Gasteiger partial charge in [0, 0.05) is 11.6 Å². The molecule has 4 rings (SSSR count). The molecule has 2 aromatic carbocycles. The van der Waals surface area contributed by atoms with Gasteiger partial charge in [-0.15, -0.1) is 0 Å². The fourth-order valence-corrected chi connectivity index (χ4v) is 3.93. The normalized spacial score (nSPS) is 16.9. The minimum Gasteiger partial charge on any atom is -0.457 e. The van der Waals surface area contributed by atoms with E-state index in [1.165, 1.54) is 6.08 Å². The van der Waals surface area contributed by atoms with Crippen molar-refractivity contribution >= 4 is 57.8 Å². The van der Waals surface area contributed by atoms with Crippen LogP contribution in [0, 0.1) is 0 Å². The third-order valence-corrected chi connectivity index (χ3v) is 5.74. The number of amidine groups is 1. The van der Waals surface area contributed by atoms with Crippen LogP contribution >= 0.6 is 35.0 Å². The van der Waals surface area contributed by atoms with Gasteiger partial charge in [-0.3, -0.25) is 4.79 Å². The first kappa shape index (κ1) is 21.5. The quantitative estimate of drug-likeness (QED) is 0.402. The van der Waals surface area contributed by atoms with Gasteiger partial charge in [0.1, 0.15) is 11.5 Å². The van der Waals surface area contributed by atoms with Crippen molar-refractivity contribution in [2.24, 2.45) is 4.99 Å². The van der Waals surface area contributed by atoms with Gasteiger partial charge in [-0.05, 0) is 54.2 Å². The van der Waals surface area contributed by atoms with E-state index >= 15 is 0 Å². The molecule has 0 radical (unpaired) electrons. The third-order valence-electron chi connectivity index (χ3n) is 4.19. The molecule has 2 heterocycles. The molecule has 0 bridgehead atoms. The summed E-state index contributed by atoms with van der Waals surface area (Å²) in [6, 6.07) is 13.4. The molecule has 0 aliphatic carbocycles. The Bertz CT molecular complexity index is 1240. The van der Waals surface area contributed by atoms with Crippen LogP contribution in [0.5, 0.6) is 0 Å². The van der Waals surface area contributed by atoms with Gasteiger partial charge in [0.2, 0.25) is 0 Å². The second-order valence-corrected chi connectivity index (χ2v) is 8.17. The van der Waals surface area contributed by atoms with Crippen molar-refractivity contribution in [1.29, 1.82) is 0 Å². The number of thioether (sulfide) groups is 1. The van der Waals surface area contributed by atoms with Crippen LogP contribution in [0.15, 0.2) is 68.9 Å². The Morgan fingerprint density at radius 2 is 1.81 bits per heavy atom. The smallest absolute Gasteiger partial charge is 0.416 e.